The van der Waals surface area contributed by atoms with Gasteiger partial charge in [0.05, 0.1) is 16.6 Å². The van der Waals surface area contributed by atoms with Gasteiger partial charge in [-0.25, -0.2) is 0 Å². The maximum atomic E-state index is 12.9. The third-order valence-corrected chi connectivity index (χ3v) is 4.48. The van der Waals surface area contributed by atoms with Crippen molar-refractivity contribution in [3.05, 3.63) is 107 Å². The molecule has 2 aromatic carbocycles. The number of carbonyl (C=O) groups excluding carboxylic acids is 2. The van der Waals surface area contributed by atoms with E-state index in [2.05, 4.69) is 15.5 Å². The number of nitrogens with one attached hydrogen (secondary N) is 1. The van der Waals surface area contributed by atoms with Gasteiger partial charge in [0, 0.05) is 36.3 Å². The molecule has 0 atom stereocenters. The zero-order chi connectivity index (χ0) is 20.2. The van der Waals surface area contributed by atoms with E-state index in [0.717, 1.165) is 0 Å². The molecule has 0 saturated heterocycles. The Labute approximate surface area is 167 Å². The molecule has 1 heterocycles. The van der Waals surface area contributed by atoms with Crippen LogP contribution >= 0.6 is 0 Å². The molecular weight excluding hydrogens is 364 g/mol. The van der Waals surface area contributed by atoms with Gasteiger partial charge in [0.2, 0.25) is 0 Å². The molecule has 1 amide bonds. The number of hydrogen-bond acceptors (Lipinski definition) is 4. The monoisotopic (exact) mass is 382 g/mol. The van der Waals surface area contributed by atoms with Crippen LogP contribution < -0.4 is 10.7 Å². The molecule has 142 valence electrons. The molecule has 6 heteroatoms. The van der Waals surface area contributed by atoms with Gasteiger partial charge in [-0.05, 0) is 30.3 Å². The number of allylic oxidation sites excluding steroid dienone is 1. The number of nitrogens with zero attached hydrogens (tertiary/aromatic N) is 3. The third-order valence-electron chi connectivity index (χ3n) is 4.48. The van der Waals surface area contributed by atoms with E-state index in [9.17, 15) is 9.59 Å². The van der Waals surface area contributed by atoms with Gasteiger partial charge in [0.1, 0.15) is 0 Å². The van der Waals surface area contributed by atoms with E-state index in [-0.39, 0.29) is 11.4 Å². The highest BCUT2D eigenvalue weighted by Crippen LogP contribution is 2.23. The quantitative estimate of drug-likeness (QED) is 0.558. The van der Waals surface area contributed by atoms with E-state index >= 15 is 0 Å². The van der Waals surface area contributed by atoms with Crippen molar-refractivity contribution >= 4 is 23.1 Å². The second-order valence-electron chi connectivity index (χ2n) is 6.56. The number of rotatable bonds is 3. The second-order valence-corrected chi connectivity index (χ2v) is 6.56. The summed E-state index contributed by atoms with van der Waals surface area (Å²) in [5.74, 6) is -0.810. The van der Waals surface area contributed by atoms with Gasteiger partial charge in [-0.1, -0.05) is 42.5 Å². The van der Waals surface area contributed by atoms with Crippen LogP contribution in [-0.2, 0) is 11.8 Å². The maximum absolute atomic E-state index is 12.9. The van der Waals surface area contributed by atoms with E-state index in [1.807, 2.05) is 60.4 Å². The van der Waals surface area contributed by atoms with Crippen molar-refractivity contribution < 1.29 is 9.59 Å². The average molecular weight is 382 g/mol. The fourth-order valence-corrected chi connectivity index (χ4v) is 2.97. The van der Waals surface area contributed by atoms with Crippen LogP contribution in [0.3, 0.4) is 0 Å². The highest BCUT2D eigenvalue weighted by Gasteiger charge is 2.28. The summed E-state index contributed by atoms with van der Waals surface area (Å²) in [6.07, 6.45) is 5.23. The molecule has 0 bridgehead atoms. The Hall–Kier alpha value is -4.06. The van der Waals surface area contributed by atoms with Gasteiger partial charge in [-0.3, -0.25) is 9.59 Å². The molecule has 4 rings (SSSR count). The topological polar surface area (TPSA) is 75.8 Å². The Kier molecular flexibility index (Phi) is 4.99. The Balaban J connectivity index is 1.75. The molecule has 0 saturated carbocycles. The lowest BCUT2D eigenvalue weighted by Gasteiger charge is -2.16. The molecule has 0 fully saturated rings. The van der Waals surface area contributed by atoms with Crippen LogP contribution in [0.25, 0.3) is 0 Å². The predicted molar refractivity (Wildman–Crippen MR) is 111 cm³/mol. The summed E-state index contributed by atoms with van der Waals surface area (Å²) in [5, 5.41) is 12.0. The van der Waals surface area contributed by atoms with Crippen LogP contribution in [0.2, 0.25) is 0 Å². The third kappa shape index (κ3) is 3.96. The van der Waals surface area contributed by atoms with E-state index in [4.69, 9.17) is 0 Å². The number of fused-ring (bicyclic) bond motifs is 1. The van der Waals surface area contributed by atoms with Gasteiger partial charge in [-0.15, -0.1) is 5.10 Å². The van der Waals surface area contributed by atoms with Crippen molar-refractivity contribution in [1.29, 1.82) is 0 Å². The minimum atomic E-state index is -0.477. The average Bonchev–Trinajstić information content (AvgIpc) is 2.75. The lowest BCUT2D eigenvalue weighted by Crippen LogP contribution is -2.26. The summed E-state index contributed by atoms with van der Waals surface area (Å²) in [5.41, 5.74) is 2.19. The van der Waals surface area contributed by atoms with Crippen LogP contribution in [0.4, 0.5) is 5.69 Å². The first-order valence-corrected chi connectivity index (χ1v) is 9.08. The number of aryl methyl sites for hydroxylation is 1. The number of amides is 1. The van der Waals surface area contributed by atoms with Crippen molar-refractivity contribution in [2.75, 3.05) is 5.32 Å². The zero-order valence-corrected chi connectivity index (χ0v) is 15.7. The SMILES string of the molecule is Cn1ccc(=NN=C2C=C(C(=O)Nc3ccccc3)C(=O)c3ccccc32)cc1. The maximum Gasteiger partial charge on any atom is 0.259 e. The van der Waals surface area contributed by atoms with Crippen molar-refractivity contribution in [2.24, 2.45) is 17.3 Å². The molecular formula is C23H18N4O2. The molecule has 1 aromatic heterocycles. The van der Waals surface area contributed by atoms with Crippen LogP contribution in [0.15, 0.2) is 101 Å². The summed E-state index contributed by atoms with van der Waals surface area (Å²) >= 11 is 0. The van der Waals surface area contributed by atoms with Gasteiger partial charge in [0.25, 0.3) is 5.91 Å². The number of para-hydroxylation sites is 1. The Morgan fingerprint density at radius 1 is 0.862 bits per heavy atom. The van der Waals surface area contributed by atoms with E-state index in [0.29, 0.717) is 27.9 Å². The summed E-state index contributed by atoms with van der Waals surface area (Å²) in [4.78, 5) is 25.6. The standard InChI is InChI=1S/C23H18N4O2/c1-27-13-11-17(12-14-27)25-26-21-15-20(22(28)19-10-6-5-9-18(19)21)23(29)24-16-7-3-2-4-8-16/h2-15H,1H3,(H,24,29). The minimum Gasteiger partial charge on any atom is -0.357 e. The first-order valence-electron chi connectivity index (χ1n) is 9.08. The molecule has 0 radical (unpaired) electrons. The van der Waals surface area contributed by atoms with Gasteiger partial charge in [-0.2, -0.15) is 5.10 Å². The number of ketones is 1. The second kappa shape index (κ2) is 7.90. The Morgan fingerprint density at radius 2 is 1.52 bits per heavy atom. The van der Waals surface area contributed by atoms with Crippen molar-refractivity contribution in [3.63, 3.8) is 0 Å². The largest absolute Gasteiger partial charge is 0.357 e. The first-order chi connectivity index (χ1) is 14.1. The van der Waals surface area contributed by atoms with E-state index in [1.165, 1.54) is 6.08 Å². The molecule has 3 aromatic rings. The molecule has 0 spiro atoms. The number of benzene rings is 2. The van der Waals surface area contributed by atoms with Crippen LogP contribution in [0.1, 0.15) is 15.9 Å². The first kappa shape index (κ1) is 18.3. The molecule has 1 N–H and O–H groups in total. The highest BCUT2D eigenvalue weighted by molar-refractivity contribution is 6.37. The number of carbonyl (C=O) groups is 2. The van der Waals surface area contributed by atoms with E-state index in [1.54, 1.807) is 30.3 Å². The number of Topliss-reactive ketones (excluding diaryl/α,β-unsaturated/α-hetero) is 1. The molecule has 1 aliphatic carbocycles. The fraction of sp³-hybridized carbons (Fsp3) is 0.0435. The lowest BCUT2D eigenvalue weighted by molar-refractivity contribution is -0.112. The van der Waals surface area contributed by atoms with Gasteiger partial charge in [0.15, 0.2) is 5.78 Å². The number of pyridine rings is 1. The summed E-state index contributed by atoms with van der Waals surface area (Å²) in [6, 6.07) is 19.8. The van der Waals surface area contributed by atoms with Crippen molar-refractivity contribution in [2.45, 2.75) is 0 Å². The lowest BCUT2D eigenvalue weighted by atomic mass is 9.88. The van der Waals surface area contributed by atoms with Crippen molar-refractivity contribution in [1.82, 2.24) is 4.57 Å². The Morgan fingerprint density at radius 3 is 2.24 bits per heavy atom. The molecule has 0 unspecified atom stereocenters. The smallest absolute Gasteiger partial charge is 0.259 e. The van der Waals surface area contributed by atoms with E-state index < -0.39 is 5.91 Å². The fourth-order valence-electron chi connectivity index (χ4n) is 2.97. The predicted octanol–water partition coefficient (Wildman–Crippen LogP) is 3.09. The zero-order valence-electron chi connectivity index (χ0n) is 15.7. The number of aromatic nitrogens is 1. The molecule has 0 aliphatic heterocycles. The molecule has 29 heavy (non-hydrogen) atoms. The molecule has 6 nitrogen and oxygen atoms in total. The summed E-state index contributed by atoms with van der Waals surface area (Å²) in [7, 11) is 1.92. The van der Waals surface area contributed by atoms with Crippen molar-refractivity contribution in [3.8, 4) is 0 Å². The number of hydrogen-bond donors (Lipinski definition) is 1. The molecule has 1 aliphatic rings. The Bertz CT molecular complexity index is 1200. The minimum absolute atomic E-state index is 0.0287. The highest BCUT2D eigenvalue weighted by atomic mass is 16.2. The van der Waals surface area contributed by atoms with Crippen LogP contribution in [0, 0.1) is 0 Å². The van der Waals surface area contributed by atoms with Gasteiger partial charge >= 0.3 is 0 Å². The van der Waals surface area contributed by atoms with Gasteiger partial charge < -0.3 is 9.88 Å². The van der Waals surface area contributed by atoms with Crippen LogP contribution in [0.5, 0.6) is 0 Å². The van der Waals surface area contributed by atoms with Crippen LogP contribution in [-0.4, -0.2) is 22.0 Å². The number of anilines is 1. The normalized spacial score (nSPS) is 14.2. The summed E-state index contributed by atoms with van der Waals surface area (Å²) < 4.78 is 1.90. The summed E-state index contributed by atoms with van der Waals surface area (Å²) in [6.45, 7) is 0.